The van der Waals surface area contributed by atoms with Crippen molar-refractivity contribution in [3.63, 3.8) is 0 Å². The van der Waals surface area contributed by atoms with Crippen molar-refractivity contribution in [3.05, 3.63) is 49.2 Å². The quantitative estimate of drug-likeness (QED) is 0.640. The summed E-state index contributed by atoms with van der Waals surface area (Å²) in [6.07, 6.45) is 0.745. The van der Waals surface area contributed by atoms with Gasteiger partial charge in [-0.15, -0.1) is 0 Å². The first-order valence-electron chi connectivity index (χ1n) is 7.09. The van der Waals surface area contributed by atoms with Crippen LogP contribution in [-0.2, 0) is 13.5 Å². The van der Waals surface area contributed by atoms with Crippen LogP contribution in [0, 0.1) is 24.0 Å². The van der Waals surface area contributed by atoms with Gasteiger partial charge in [0.05, 0.1) is 26.3 Å². The lowest BCUT2D eigenvalue weighted by molar-refractivity contribution is -0.384. The smallest absolute Gasteiger partial charge is 0.272 e. The summed E-state index contributed by atoms with van der Waals surface area (Å²) in [5, 5.41) is 18.9. The summed E-state index contributed by atoms with van der Waals surface area (Å²) in [6, 6.07) is 2.62. The van der Waals surface area contributed by atoms with Gasteiger partial charge in [-0.3, -0.25) is 14.8 Å². The molecule has 6 nitrogen and oxygen atoms in total. The molecule has 124 valence electrons. The normalized spacial score (nSPS) is 12.3. The number of hydrogen-bond donors (Lipinski definition) is 1. The Labute approximate surface area is 144 Å². The van der Waals surface area contributed by atoms with Crippen LogP contribution < -0.4 is 5.32 Å². The lowest BCUT2D eigenvalue weighted by atomic mass is 10.0. The summed E-state index contributed by atoms with van der Waals surface area (Å²) >= 11 is 12.2. The number of nitro benzene ring substituents is 1. The first-order chi connectivity index (χ1) is 10.7. The lowest BCUT2D eigenvalue weighted by Gasteiger charge is -2.18. The minimum Gasteiger partial charge on any atom is -0.380 e. The number of nitrogens with one attached hydrogen (secondary N) is 1. The number of rotatable bonds is 5. The van der Waals surface area contributed by atoms with Crippen molar-refractivity contribution in [2.45, 2.75) is 33.2 Å². The molecule has 8 heteroatoms. The van der Waals surface area contributed by atoms with Gasteiger partial charge >= 0.3 is 0 Å². The fourth-order valence-corrected chi connectivity index (χ4v) is 3.10. The molecule has 0 amide bonds. The summed E-state index contributed by atoms with van der Waals surface area (Å²) in [5.41, 5.74) is 3.64. The molecule has 0 saturated carbocycles. The second kappa shape index (κ2) is 6.76. The monoisotopic (exact) mass is 356 g/mol. The Hall–Kier alpha value is -1.79. The zero-order valence-corrected chi connectivity index (χ0v) is 14.9. The van der Waals surface area contributed by atoms with E-state index in [9.17, 15) is 10.1 Å². The summed E-state index contributed by atoms with van der Waals surface area (Å²) < 4.78 is 1.85. The van der Waals surface area contributed by atoms with Crippen LogP contribution in [0.2, 0.25) is 10.0 Å². The van der Waals surface area contributed by atoms with Crippen molar-refractivity contribution < 1.29 is 4.92 Å². The third-order valence-corrected chi connectivity index (χ3v) is 4.39. The van der Waals surface area contributed by atoms with E-state index in [2.05, 4.69) is 10.4 Å². The van der Waals surface area contributed by atoms with Gasteiger partial charge in [-0.2, -0.15) is 5.10 Å². The number of anilines is 1. The van der Waals surface area contributed by atoms with Gasteiger partial charge in [0.25, 0.3) is 5.69 Å². The summed E-state index contributed by atoms with van der Waals surface area (Å²) in [5.74, 6) is 0. The van der Waals surface area contributed by atoms with Gasteiger partial charge in [0, 0.05) is 30.9 Å². The molecule has 0 aliphatic heterocycles. The Morgan fingerprint density at radius 3 is 2.35 bits per heavy atom. The van der Waals surface area contributed by atoms with Crippen molar-refractivity contribution in [2.24, 2.45) is 7.05 Å². The molecular formula is C15H18Cl2N4O2. The lowest BCUT2D eigenvalue weighted by Crippen LogP contribution is -2.19. The Kier molecular flexibility index (Phi) is 5.16. The number of nitrogens with zero attached hydrogens (tertiary/aromatic N) is 3. The van der Waals surface area contributed by atoms with Gasteiger partial charge in [0.1, 0.15) is 0 Å². The van der Waals surface area contributed by atoms with Crippen molar-refractivity contribution in [2.75, 3.05) is 5.32 Å². The van der Waals surface area contributed by atoms with Crippen LogP contribution in [0.4, 0.5) is 11.4 Å². The van der Waals surface area contributed by atoms with Gasteiger partial charge in [-0.25, -0.2) is 0 Å². The Morgan fingerprint density at radius 1 is 1.35 bits per heavy atom. The van der Waals surface area contributed by atoms with Gasteiger partial charge < -0.3 is 5.32 Å². The minimum absolute atomic E-state index is 0.0352. The Morgan fingerprint density at radius 2 is 1.91 bits per heavy atom. The molecule has 1 atom stereocenters. The summed E-state index contributed by atoms with van der Waals surface area (Å²) in [7, 11) is 1.91. The summed E-state index contributed by atoms with van der Waals surface area (Å²) in [6.45, 7) is 5.99. The molecule has 1 heterocycles. The largest absolute Gasteiger partial charge is 0.380 e. The van der Waals surface area contributed by atoms with Gasteiger partial charge in [0.2, 0.25) is 0 Å². The van der Waals surface area contributed by atoms with Crippen LogP contribution in [0.15, 0.2) is 12.1 Å². The topological polar surface area (TPSA) is 73.0 Å². The molecule has 2 aromatic rings. The molecular weight excluding hydrogens is 339 g/mol. The molecule has 0 bridgehead atoms. The zero-order valence-electron chi connectivity index (χ0n) is 13.4. The maximum atomic E-state index is 10.8. The highest BCUT2D eigenvalue weighted by Crippen LogP contribution is 2.35. The molecule has 1 aromatic heterocycles. The van der Waals surface area contributed by atoms with E-state index in [4.69, 9.17) is 23.2 Å². The number of hydrogen-bond acceptors (Lipinski definition) is 4. The molecule has 0 aliphatic rings. The van der Waals surface area contributed by atoms with E-state index >= 15 is 0 Å². The van der Waals surface area contributed by atoms with Crippen molar-refractivity contribution in [3.8, 4) is 0 Å². The number of aromatic nitrogens is 2. The molecule has 0 saturated heterocycles. The maximum Gasteiger partial charge on any atom is 0.272 e. The molecule has 0 fully saturated rings. The molecule has 1 unspecified atom stereocenters. The SMILES string of the molecule is Cc1nn(C)c(C)c1CC(C)Nc1c(Cl)cc([N+](=O)[O-])cc1Cl. The second-order valence-electron chi connectivity index (χ2n) is 5.56. The van der Waals surface area contributed by atoms with E-state index in [1.54, 1.807) is 0 Å². The number of aryl methyl sites for hydroxylation is 2. The Balaban J connectivity index is 2.20. The fraction of sp³-hybridized carbons (Fsp3) is 0.400. The molecule has 0 spiro atoms. The van der Waals surface area contributed by atoms with Gasteiger partial charge in [-0.1, -0.05) is 23.2 Å². The highest BCUT2D eigenvalue weighted by molar-refractivity contribution is 6.39. The van der Waals surface area contributed by atoms with Gasteiger partial charge in [0.15, 0.2) is 0 Å². The van der Waals surface area contributed by atoms with E-state index in [1.165, 1.54) is 17.7 Å². The highest BCUT2D eigenvalue weighted by atomic mass is 35.5. The molecule has 2 rings (SSSR count). The van der Waals surface area contributed by atoms with E-state index in [0.717, 1.165) is 17.8 Å². The standard InChI is InChI=1S/C15H18Cl2N4O2/c1-8(5-12-9(2)19-20(4)10(12)3)18-15-13(16)6-11(21(22)23)7-14(15)17/h6-8,18H,5H2,1-4H3. The third-order valence-electron chi connectivity index (χ3n) is 3.80. The third kappa shape index (κ3) is 3.76. The van der Waals surface area contributed by atoms with Crippen molar-refractivity contribution >= 4 is 34.6 Å². The first-order valence-corrected chi connectivity index (χ1v) is 7.85. The van der Waals surface area contributed by atoms with Crippen LogP contribution in [0.1, 0.15) is 23.9 Å². The van der Waals surface area contributed by atoms with Crippen molar-refractivity contribution in [1.82, 2.24) is 9.78 Å². The molecule has 1 N–H and O–H groups in total. The minimum atomic E-state index is -0.521. The zero-order chi connectivity index (χ0) is 17.3. The number of non-ortho nitro benzene ring substituents is 1. The van der Waals surface area contributed by atoms with Crippen LogP contribution in [0.25, 0.3) is 0 Å². The average molecular weight is 357 g/mol. The predicted molar refractivity (Wildman–Crippen MR) is 92.6 cm³/mol. The maximum absolute atomic E-state index is 10.8. The molecule has 0 aliphatic carbocycles. The summed E-state index contributed by atoms with van der Waals surface area (Å²) in [4.78, 5) is 10.3. The van der Waals surface area contributed by atoms with Crippen LogP contribution in [-0.4, -0.2) is 20.7 Å². The number of benzene rings is 1. The predicted octanol–water partition coefficient (Wildman–Crippen LogP) is 4.30. The van der Waals surface area contributed by atoms with Crippen molar-refractivity contribution in [1.29, 1.82) is 0 Å². The number of halogens is 2. The average Bonchev–Trinajstić information content (AvgIpc) is 2.69. The molecule has 1 aromatic carbocycles. The number of nitro groups is 1. The second-order valence-corrected chi connectivity index (χ2v) is 6.38. The van der Waals surface area contributed by atoms with Crippen LogP contribution >= 0.6 is 23.2 Å². The first kappa shape index (κ1) is 17.6. The van der Waals surface area contributed by atoms with E-state index < -0.39 is 4.92 Å². The Bertz CT molecular complexity index is 735. The molecule has 23 heavy (non-hydrogen) atoms. The van der Waals surface area contributed by atoms with Gasteiger partial charge in [-0.05, 0) is 32.8 Å². The molecule has 0 radical (unpaired) electrons. The van der Waals surface area contributed by atoms with E-state index in [-0.39, 0.29) is 21.8 Å². The van der Waals surface area contributed by atoms with Crippen LogP contribution in [0.3, 0.4) is 0 Å². The van der Waals surface area contributed by atoms with E-state index in [0.29, 0.717) is 5.69 Å². The highest BCUT2D eigenvalue weighted by Gasteiger charge is 2.18. The van der Waals surface area contributed by atoms with E-state index in [1.807, 2.05) is 32.5 Å². The fourth-order valence-electron chi connectivity index (χ4n) is 2.52. The van der Waals surface area contributed by atoms with Crippen LogP contribution in [0.5, 0.6) is 0 Å².